The summed E-state index contributed by atoms with van der Waals surface area (Å²) in [5.41, 5.74) is 3.50. The van der Waals surface area contributed by atoms with Crippen LogP contribution in [0.15, 0.2) is 42.5 Å². The van der Waals surface area contributed by atoms with Gasteiger partial charge in [-0.1, -0.05) is 62.4 Å². The molecule has 3 heteroatoms. The van der Waals surface area contributed by atoms with Gasteiger partial charge in [0.15, 0.2) is 0 Å². The third-order valence-electron chi connectivity index (χ3n) is 4.12. The van der Waals surface area contributed by atoms with Gasteiger partial charge < -0.3 is 10.1 Å². The fourth-order valence-electron chi connectivity index (χ4n) is 2.58. The smallest absolute Gasteiger partial charge is 0.119 e. The number of halogens is 1. The van der Waals surface area contributed by atoms with Crippen molar-refractivity contribution in [2.75, 3.05) is 11.9 Å². The standard InChI is InChI=1S/C21H28ClNO/c1-3-4-5-6-7-14-24-20-12-9-18(10-13-20)16-23-21-15-19(22)11-8-17(21)2/h8-13,15,23H,3-7,14,16H2,1-2H3. The third-order valence-corrected chi connectivity index (χ3v) is 4.36. The van der Waals surface area contributed by atoms with Crippen molar-refractivity contribution in [3.63, 3.8) is 0 Å². The van der Waals surface area contributed by atoms with Gasteiger partial charge in [-0.3, -0.25) is 0 Å². The highest BCUT2D eigenvalue weighted by Gasteiger charge is 2.00. The van der Waals surface area contributed by atoms with Crippen molar-refractivity contribution >= 4 is 17.3 Å². The maximum atomic E-state index is 6.05. The Labute approximate surface area is 151 Å². The molecule has 0 aliphatic rings. The van der Waals surface area contributed by atoms with Gasteiger partial charge in [-0.15, -0.1) is 0 Å². The predicted molar refractivity (Wildman–Crippen MR) is 104 cm³/mol. The first-order chi connectivity index (χ1) is 11.7. The van der Waals surface area contributed by atoms with Crippen molar-refractivity contribution in [1.82, 2.24) is 0 Å². The summed E-state index contributed by atoms with van der Waals surface area (Å²) in [5, 5.41) is 4.19. The van der Waals surface area contributed by atoms with Crippen LogP contribution in [-0.4, -0.2) is 6.61 Å². The fourth-order valence-corrected chi connectivity index (χ4v) is 2.75. The number of rotatable bonds is 10. The Hall–Kier alpha value is -1.67. The molecular weight excluding hydrogens is 318 g/mol. The van der Waals surface area contributed by atoms with Crippen molar-refractivity contribution in [1.29, 1.82) is 0 Å². The molecule has 0 saturated heterocycles. The van der Waals surface area contributed by atoms with Crippen LogP contribution in [0.1, 0.15) is 50.2 Å². The number of unbranched alkanes of at least 4 members (excludes halogenated alkanes) is 4. The van der Waals surface area contributed by atoms with E-state index in [4.69, 9.17) is 16.3 Å². The molecule has 24 heavy (non-hydrogen) atoms. The van der Waals surface area contributed by atoms with E-state index in [-0.39, 0.29) is 0 Å². The lowest BCUT2D eigenvalue weighted by Crippen LogP contribution is -2.01. The van der Waals surface area contributed by atoms with E-state index in [1.165, 1.54) is 36.8 Å². The normalized spacial score (nSPS) is 10.6. The highest BCUT2D eigenvalue weighted by Crippen LogP contribution is 2.21. The van der Waals surface area contributed by atoms with Gasteiger partial charge in [-0.25, -0.2) is 0 Å². The average molecular weight is 346 g/mol. The molecule has 2 rings (SSSR count). The van der Waals surface area contributed by atoms with Crippen LogP contribution in [-0.2, 0) is 6.54 Å². The molecule has 0 radical (unpaired) electrons. The van der Waals surface area contributed by atoms with Crippen molar-refractivity contribution in [2.24, 2.45) is 0 Å². The summed E-state index contributed by atoms with van der Waals surface area (Å²) in [5.74, 6) is 0.952. The van der Waals surface area contributed by atoms with Gasteiger partial charge in [0.2, 0.25) is 0 Å². The maximum absolute atomic E-state index is 6.05. The second kappa shape index (κ2) is 10.2. The third kappa shape index (κ3) is 6.45. The van der Waals surface area contributed by atoms with Crippen LogP contribution < -0.4 is 10.1 Å². The molecule has 0 saturated carbocycles. The molecule has 130 valence electrons. The Bertz CT molecular complexity index is 610. The van der Waals surface area contributed by atoms with Gasteiger partial charge in [-0.05, 0) is 48.7 Å². The highest BCUT2D eigenvalue weighted by atomic mass is 35.5. The molecule has 2 aromatic rings. The molecule has 0 bridgehead atoms. The average Bonchev–Trinajstić information content (AvgIpc) is 2.60. The van der Waals surface area contributed by atoms with Gasteiger partial charge in [0, 0.05) is 17.3 Å². The van der Waals surface area contributed by atoms with Gasteiger partial charge in [0.05, 0.1) is 6.61 Å². The number of aryl methyl sites for hydroxylation is 1. The molecule has 0 aliphatic heterocycles. The van der Waals surface area contributed by atoms with Gasteiger partial charge >= 0.3 is 0 Å². The Balaban J connectivity index is 1.74. The van der Waals surface area contributed by atoms with E-state index in [1.54, 1.807) is 0 Å². The summed E-state index contributed by atoms with van der Waals surface area (Å²) in [6.07, 6.45) is 6.32. The van der Waals surface area contributed by atoms with Crippen molar-refractivity contribution in [3.05, 3.63) is 58.6 Å². The van der Waals surface area contributed by atoms with Gasteiger partial charge in [0.25, 0.3) is 0 Å². The Morgan fingerprint density at radius 1 is 0.958 bits per heavy atom. The minimum atomic E-state index is 0.755. The summed E-state index contributed by atoms with van der Waals surface area (Å²) in [7, 11) is 0. The van der Waals surface area contributed by atoms with Crippen LogP contribution in [0, 0.1) is 6.92 Å². The molecule has 0 amide bonds. The largest absolute Gasteiger partial charge is 0.494 e. The van der Waals surface area contributed by atoms with E-state index >= 15 is 0 Å². The van der Waals surface area contributed by atoms with Crippen LogP contribution >= 0.6 is 11.6 Å². The van der Waals surface area contributed by atoms with E-state index in [0.717, 1.165) is 36.0 Å². The maximum Gasteiger partial charge on any atom is 0.119 e. The molecule has 0 atom stereocenters. The van der Waals surface area contributed by atoms with Crippen LogP contribution in [0.25, 0.3) is 0 Å². The van der Waals surface area contributed by atoms with E-state index in [1.807, 2.05) is 30.3 Å². The summed E-state index contributed by atoms with van der Waals surface area (Å²) >= 11 is 6.05. The molecule has 0 unspecified atom stereocenters. The minimum absolute atomic E-state index is 0.755. The van der Waals surface area contributed by atoms with Gasteiger partial charge in [-0.2, -0.15) is 0 Å². The lowest BCUT2D eigenvalue weighted by Gasteiger charge is -2.11. The van der Waals surface area contributed by atoms with Crippen molar-refractivity contribution in [3.8, 4) is 5.75 Å². The lowest BCUT2D eigenvalue weighted by molar-refractivity contribution is 0.304. The molecule has 0 spiro atoms. The van der Waals surface area contributed by atoms with Crippen molar-refractivity contribution in [2.45, 2.75) is 52.5 Å². The number of nitrogens with one attached hydrogen (secondary N) is 1. The highest BCUT2D eigenvalue weighted by molar-refractivity contribution is 6.30. The molecular formula is C21H28ClNO. The minimum Gasteiger partial charge on any atom is -0.494 e. The molecule has 0 heterocycles. The summed E-state index contributed by atoms with van der Waals surface area (Å²) in [4.78, 5) is 0. The van der Waals surface area contributed by atoms with E-state index < -0.39 is 0 Å². The van der Waals surface area contributed by atoms with Crippen LogP contribution in [0.3, 0.4) is 0 Å². The molecule has 2 aromatic carbocycles. The SMILES string of the molecule is CCCCCCCOc1ccc(CNc2cc(Cl)ccc2C)cc1. The first-order valence-electron chi connectivity index (χ1n) is 8.91. The zero-order valence-corrected chi connectivity index (χ0v) is 15.5. The van der Waals surface area contributed by atoms with E-state index in [2.05, 4.69) is 31.3 Å². The fraction of sp³-hybridized carbons (Fsp3) is 0.429. The second-order valence-electron chi connectivity index (χ2n) is 6.22. The Morgan fingerprint density at radius 2 is 1.71 bits per heavy atom. The summed E-state index contributed by atoms with van der Waals surface area (Å²) < 4.78 is 5.80. The molecule has 0 aromatic heterocycles. The quantitative estimate of drug-likeness (QED) is 0.489. The Kier molecular flexibility index (Phi) is 7.97. The monoisotopic (exact) mass is 345 g/mol. The lowest BCUT2D eigenvalue weighted by atomic mass is 10.1. The number of hydrogen-bond donors (Lipinski definition) is 1. The molecule has 0 fully saturated rings. The molecule has 1 N–H and O–H groups in total. The summed E-state index contributed by atoms with van der Waals surface area (Å²) in [6, 6.07) is 14.2. The Morgan fingerprint density at radius 3 is 2.46 bits per heavy atom. The van der Waals surface area contributed by atoms with Gasteiger partial charge in [0.1, 0.15) is 5.75 Å². The first kappa shape index (κ1) is 18.7. The van der Waals surface area contributed by atoms with E-state index in [0.29, 0.717) is 0 Å². The zero-order valence-electron chi connectivity index (χ0n) is 14.8. The van der Waals surface area contributed by atoms with Crippen LogP contribution in [0.4, 0.5) is 5.69 Å². The topological polar surface area (TPSA) is 21.3 Å². The van der Waals surface area contributed by atoms with Crippen molar-refractivity contribution < 1.29 is 4.74 Å². The second-order valence-corrected chi connectivity index (χ2v) is 6.66. The summed E-state index contributed by atoms with van der Waals surface area (Å²) in [6.45, 7) is 5.90. The molecule has 2 nitrogen and oxygen atoms in total. The molecule has 0 aliphatic carbocycles. The van der Waals surface area contributed by atoms with Crippen LogP contribution in [0.2, 0.25) is 5.02 Å². The number of benzene rings is 2. The number of hydrogen-bond acceptors (Lipinski definition) is 2. The number of ether oxygens (including phenoxy) is 1. The predicted octanol–water partition coefficient (Wildman–Crippen LogP) is 6.61. The van der Waals surface area contributed by atoms with Crippen LogP contribution in [0.5, 0.6) is 5.75 Å². The number of anilines is 1. The zero-order chi connectivity index (χ0) is 17.2. The van der Waals surface area contributed by atoms with E-state index in [9.17, 15) is 0 Å². The first-order valence-corrected chi connectivity index (χ1v) is 9.28.